The van der Waals surface area contributed by atoms with Gasteiger partial charge in [-0.2, -0.15) is 0 Å². The lowest BCUT2D eigenvalue weighted by molar-refractivity contribution is 0.0741. The molecule has 0 aliphatic rings. The fourth-order valence-corrected chi connectivity index (χ4v) is 2.41. The molecular formula is C17H18ClNO2. The van der Waals surface area contributed by atoms with Gasteiger partial charge in [-0.25, -0.2) is 0 Å². The number of carbonyl (C=O) groups is 1. The normalized spacial score (nSPS) is 11.8. The van der Waals surface area contributed by atoms with Gasteiger partial charge in [0.1, 0.15) is 5.75 Å². The second kappa shape index (κ2) is 6.64. The second-order valence-electron chi connectivity index (χ2n) is 4.84. The van der Waals surface area contributed by atoms with E-state index in [0.717, 1.165) is 11.3 Å². The van der Waals surface area contributed by atoms with Gasteiger partial charge in [-0.3, -0.25) is 4.79 Å². The molecule has 0 saturated heterocycles. The Morgan fingerprint density at radius 1 is 1.19 bits per heavy atom. The average Bonchev–Trinajstić information content (AvgIpc) is 2.52. The van der Waals surface area contributed by atoms with Gasteiger partial charge in [-0.05, 0) is 31.2 Å². The Hall–Kier alpha value is -2.00. The van der Waals surface area contributed by atoms with Crippen LogP contribution in [0.1, 0.15) is 28.9 Å². The van der Waals surface area contributed by atoms with Gasteiger partial charge in [-0.1, -0.05) is 35.9 Å². The SMILES string of the molecule is COc1ccccc1C(C)N(C)C(=O)c1cccc(Cl)c1. The molecule has 110 valence electrons. The van der Waals surface area contributed by atoms with Crippen LogP contribution in [0.5, 0.6) is 5.75 Å². The molecule has 0 aliphatic heterocycles. The Morgan fingerprint density at radius 3 is 2.57 bits per heavy atom. The molecule has 2 aromatic rings. The third-order valence-corrected chi connectivity index (χ3v) is 3.80. The highest BCUT2D eigenvalue weighted by molar-refractivity contribution is 6.30. The molecule has 0 aromatic heterocycles. The number of halogens is 1. The molecule has 0 bridgehead atoms. The van der Waals surface area contributed by atoms with Gasteiger partial charge in [-0.15, -0.1) is 0 Å². The van der Waals surface area contributed by atoms with Crippen LogP contribution in [0.25, 0.3) is 0 Å². The lowest BCUT2D eigenvalue weighted by Gasteiger charge is -2.26. The maximum absolute atomic E-state index is 12.5. The first-order chi connectivity index (χ1) is 10.0. The van der Waals surface area contributed by atoms with E-state index in [0.29, 0.717) is 10.6 Å². The second-order valence-corrected chi connectivity index (χ2v) is 5.28. The molecule has 2 rings (SSSR count). The summed E-state index contributed by atoms with van der Waals surface area (Å²) in [5.74, 6) is 0.701. The fraction of sp³-hybridized carbons (Fsp3) is 0.235. The van der Waals surface area contributed by atoms with Gasteiger partial charge in [0.25, 0.3) is 5.91 Å². The van der Waals surface area contributed by atoms with Crippen molar-refractivity contribution in [3.05, 3.63) is 64.7 Å². The third-order valence-electron chi connectivity index (χ3n) is 3.56. The molecule has 21 heavy (non-hydrogen) atoms. The van der Waals surface area contributed by atoms with Crippen LogP contribution >= 0.6 is 11.6 Å². The lowest BCUT2D eigenvalue weighted by Crippen LogP contribution is -2.29. The van der Waals surface area contributed by atoms with Crippen molar-refractivity contribution < 1.29 is 9.53 Å². The summed E-state index contributed by atoms with van der Waals surface area (Å²) >= 11 is 5.95. The number of ether oxygens (including phenoxy) is 1. The van der Waals surface area contributed by atoms with E-state index in [1.54, 1.807) is 43.3 Å². The third kappa shape index (κ3) is 3.37. The summed E-state index contributed by atoms with van der Waals surface area (Å²) in [5.41, 5.74) is 1.55. The first-order valence-corrected chi connectivity index (χ1v) is 7.08. The molecule has 0 saturated carbocycles. The Balaban J connectivity index is 2.26. The first-order valence-electron chi connectivity index (χ1n) is 6.70. The molecule has 4 heteroatoms. The monoisotopic (exact) mass is 303 g/mol. The van der Waals surface area contributed by atoms with Crippen LogP contribution in [0.2, 0.25) is 5.02 Å². The summed E-state index contributed by atoms with van der Waals surface area (Å²) in [6.07, 6.45) is 0. The number of nitrogens with zero attached hydrogens (tertiary/aromatic N) is 1. The smallest absolute Gasteiger partial charge is 0.254 e. The van der Waals surface area contributed by atoms with Gasteiger partial charge >= 0.3 is 0 Å². The Bertz CT molecular complexity index is 642. The van der Waals surface area contributed by atoms with Crippen molar-refractivity contribution in [2.24, 2.45) is 0 Å². The minimum atomic E-state index is -0.104. The minimum absolute atomic E-state index is 0.0732. The van der Waals surface area contributed by atoms with Crippen molar-refractivity contribution in [1.29, 1.82) is 0 Å². The molecule has 1 amide bonds. The number of para-hydroxylation sites is 1. The van der Waals surface area contributed by atoms with Crippen LogP contribution < -0.4 is 4.74 Å². The van der Waals surface area contributed by atoms with E-state index in [2.05, 4.69) is 0 Å². The van der Waals surface area contributed by atoms with Gasteiger partial charge in [0.2, 0.25) is 0 Å². The summed E-state index contributed by atoms with van der Waals surface area (Å²) in [5, 5.41) is 0.555. The first kappa shape index (κ1) is 15.4. The number of benzene rings is 2. The predicted molar refractivity (Wildman–Crippen MR) is 85.0 cm³/mol. The summed E-state index contributed by atoms with van der Waals surface area (Å²) in [7, 11) is 3.41. The van der Waals surface area contributed by atoms with E-state index < -0.39 is 0 Å². The molecule has 2 aromatic carbocycles. The van der Waals surface area contributed by atoms with Crippen LogP contribution in [0, 0.1) is 0 Å². The van der Waals surface area contributed by atoms with Crippen molar-refractivity contribution >= 4 is 17.5 Å². The van der Waals surface area contributed by atoms with Crippen molar-refractivity contribution in [2.45, 2.75) is 13.0 Å². The highest BCUT2D eigenvalue weighted by Crippen LogP contribution is 2.29. The summed E-state index contributed by atoms with van der Waals surface area (Å²) in [6, 6.07) is 14.6. The largest absolute Gasteiger partial charge is 0.496 e. The van der Waals surface area contributed by atoms with E-state index in [1.165, 1.54) is 0 Å². The quantitative estimate of drug-likeness (QED) is 0.848. The molecule has 0 aliphatic carbocycles. The average molecular weight is 304 g/mol. The number of hydrogen-bond acceptors (Lipinski definition) is 2. The molecule has 0 heterocycles. The number of methoxy groups -OCH3 is 1. The Labute approximate surface area is 130 Å². The van der Waals surface area contributed by atoms with E-state index in [4.69, 9.17) is 16.3 Å². The standard InChI is InChI=1S/C17H18ClNO2/c1-12(15-9-4-5-10-16(15)21-3)19(2)17(20)13-7-6-8-14(18)11-13/h4-12H,1-3H3. The fourth-order valence-electron chi connectivity index (χ4n) is 2.22. The van der Waals surface area contributed by atoms with Crippen molar-refractivity contribution in [3.63, 3.8) is 0 Å². The van der Waals surface area contributed by atoms with Crippen molar-refractivity contribution in [3.8, 4) is 5.75 Å². The number of rotatable bonds is 4. The molecule has 0 fully saturated rings. The molecule has 0 spiro atoms. The van der Waals surface area contributed by atoms with E-state index in [-0.39, 0.29) is 11.9 Å². The molecule has 1 atom stereocenters. The maximum atomic E-state index is 12.5. The molecule has 0 radical (unpaired) electrons. The zero-order valence-corrected chi connectivity index (χ0v) is 13.1. The number of carbonyl (C=O) groups excluding carboxylic acids is 1. The highest BCUT2D eigenvalue weighted by Gasteiger charge is 2.21. The molecule has 0 N–H and O–H groups in total. The van der Waals surface area contributed by atoms with Gasteiger partial charge in [0, 0.05) is 23.2 Å². The van der Waals surface area contributed by atoms with E-state index in [9.17, 15) is 4.79 Å². The summed E-state index contributed by atoms with van der Waals surface area (Å²) in [6.45, 7) is 1.97. The Kier molecular flexibility index (Phi) is 4.86. The topological polar surface area (TPSA) is 29.5 Å². The van der Waals surface area contributed by atoms with E-state index in [1.807, 2.05) is 31.2 Å². The lowest BCUT2D eigenvalue weighted by atomic mass is 10.0. The molecule has 1 unspecified atom stereocenters. The number of amides is 1. The predicted octanol–water partition coefficient (Wildman–Crippen LogP) is 4.18. The molecule has 3 nitrogen and oxygen atoms in total. The van der Waals surface area contributed by atoms with Crippen LogP contribution in [0.15, 0.2) is 48.5 Å². The minimum Gasteiger partial charge on any atom is -0.496 e. The van der Waals surface area contributed by atoms with Crippen LogP contribution in [0.4, 0.5) is 0 Å². The van der Waals surface area contributed by atoms with Crippen molar-refractivity contribution in [1.82, 2.24) is 4.90 Å². The van der Waals surface area contributed by atoms with Gasteiger partial charge in [0.05, 0.1) is 13.2 Å². The highest BCUT2D eigenvalue weighted by atomic mass is 35.5. The molecular weight excluding hydrogens is 286 g/mol. The summed E-state index contributed by atoms with van der Waals surface area (Å²) < 4.78 is 5.36. The van der Waals surface area contributed by atoms with E-state index >= 15 is 0 Å². The zero-order valence-electron chi connectivity index (χ0n) is 12.3. The number of hydrogen-bond donors (Lipinski definition) is 0. The van der Waals surface area contributed by atoms with Gasteiger partial charge < -0.3 is 9.64 Å². The Morgan fingerprint density at radius 2 is 1.90 bits per heavy atom. The maximum Gasteiger partial charge on any atom is 0.254 e. The van der Waals surface area contributed by atoms with Crippen LogP contribution in [-0.2, 0) is 0 Å². The van der Waals surface area contributed by atoms with Crippen LogP contribution in [-0.4, -0.2) is 25.0 Å². The zero-order chi connectivity index (χ0) is 15.4. The summed E-state index contributed by atoms with van der Waals surface area (Å²) in [4.78, 5) is 14.2. The van der Waals surface area contributed by atoms with Crippen LogP contribution in [0.3, 0.4) is 0 Å². The van der Waals surface area contributed by atoms with Crippen molar-refractivity contribution in [2.75, 3.05) is 14.2 Å². The van der Waals surface area contributed by atoms with Gasteiger partial charge in [0.15, 0.2) is 0 Å².